The summed E-state index contributed by atoms with van der Waals surface area (Å²) in [4.78, 5) is 13.9. The minimum Gasteiger partial charge on any atom is -0.341 e. The molecule has 0 bridgehead atoms. The first kappa shape index (κ1) is 20.1. The highest BCUT2D eigenvalue weighted by Gasteiger charge is 2.32. The Balaban J connectivity index is 1.53. The lowest BCUT2D eigenvalue weighted by Crippen LogP contribution is -2.38. The maximum Gasteiger partial charge on any atom is 0.233 e. The lowest BCUT2D eigenvalue weighted by molar-refractivity contribution is -0.128. The molecule has 1 atom stereocenters. The standard InChI is InChI=1S/C17H22N4O3S3/c1-11-4-5-13(8-12(11)2)18-16-19-20-17(26-16)25-9-15(22)21(3)14-6-7-27(23,24)10-14/h4-5,8,14H,6-7,9-10H2,1-3H3,(H,18,19). The van der Waals surface area contributed by atoms with Crippen LogP contribution in [0.3, 0.4) is 0 Å². The number of rotatable bonds is 6. The summed E-state index contributed by atoms with van der Waals surface area (Å²) in [5.74, 6) is 0.335. The second-order valence-electron chi connectivity index (χ2n) is 6.65. The molecule has 1 aromatic carbocycles. The van der Waals surface area contributed by atoms with Crippen molar-refractivity contribution in [3.05, 3.63) is 29.3 Å². The number of nitrogens with zero attached hydrogens (tertiary/aromatic N) is 3. The Morgan fingerprint density at radius 2 is 2.11 bits per heavy atom. The van der Waals surface area contributed by atoms with Crippen molar-refractivity contribution in [1.82, 2.24) is 15.1 Å². The molecule has 27 heavy (non-hydrogen) atoms. The highest BCUT2D eigenvalue weighted by molar-refractivity contribution is 8.01. The number of thioether (sulfide) groups is 1. The zero-order valence-corrected chi connectivity index (χ0v) is 17.9. The Kier molecular flexibility index (Phi) is 6.07. The Labute approximate surface area is 167 Å². The number of aryl methyl sites for hydroxylation is 2. The van der Waals surface area contributed by atoms with E-state index in [-0.39, 0.29) is 29.2 Å². The Bertz CT molecular complexity index is 943. The van der Waals surface area contributed by atoms with Gasteiger partial charge in [-0.15, -0.1) is 10.2 Å². The summed E-state index contributed by atoms with van der Waals surface area (Å²) in [6.07, 6.45) is 0.512. The molecule has 1 N–H and O–H groups in total. The van der Waals surface area contributed by atoms with Crippen molar-refractivity contribution in [2.75, 3.05) is 29.6 Å². The molecule has 0 spiro atoms. The lowest BCUT2D eigenvalue weighted by atomic mass is 10.1. The van der Waals surface area contributed by atoms with Gasteiger partial charge in [-0.25, -0.2) is 8.42 Å². The average Bonchev–Trinajstić information content (AvgIpc) is 3.21. The maximum absolute atomic E-state index is 12.3. The summed E-state index contributed by atoms with van der Waals surface area (Å²) < 4.78 is 23.8. The monoisotopic (exact) mass is 426 g/mol. The van der Waals surface area contributed by atoms with E-state index in [0.717, 1.165) is 5.69 Å². The number of hydrogen-bond donors (Lipinski definition) is 1. The number of aromatic nitrogens is 2. The van der Waals surface area contributed by atoms with Gasteiger partial charge >= 0.3 is 0 Å². The van der Waals surface area contributed by atoms with E-state index in [1.165, 1.54) is 34.2 Å². The van der Waals surface area contributed by atoms with Crippen LogP contribution in [0.15, 0.2) is 22.5 Å². The predicted octanol–water partition coefficient (Wildman–Crippen LogP) is 2.64. The highest BCUT2D eigenvalue weighted by atomic mass is 32.2. The predicted molar refractivity (Wildman–Crippen MR) is 110 cm³/mol. The van der Waals surface area contributed by atoms with Crippen LogP contribution >= 0.6 is 23.1 Å². The molecule has 1 fully saturated rings. The Hall–Kier alpha value is -1.65. The molecule has 1 unspecified atom stereocenters. The van der Waals surface area contributed by atoms with Crippen molar-refractivity contribution < 1.29 is 13.2 Å². The molecule has 1 aliphatic heterocycles. The fourth-order valence-corrected chi connectivity index (χ4v) is 6.24. The van der Waals surface area contributed by atoms with Crippen molar-refractivity contribution in [2.24, 2.45) is 0 Å². The normalized spacial score (nSPS) is 18.4. The van der Waals surface area contributed by atoms with E-state index in [1.54, 1.807) is 11.9 Å². The minimum absolute atomic E-state index is 0.0583. The number of amides is 1. The van der Waals surface area contributed by atoms with Crippen LogP contribution in [0.1, 0.15) is 17.5 Å². The third kappa shape index (κ3) is 5.20. The molecule has 0 radical (unpaired) electrons. The fraction of sp³-hybridized carbons (Fsp3) is 0.471. The van der Waals surface area contributed by atoms with Gasteiger partial charge in [0.2, 0.25) is 11.0 Å². The molecule has 2 aromatic rings. The zero-order valence-electron chi connectivity index (χ0n) is 15.4. The van der Waals surface area contributed by atoms with Crippen molar-refractivity contribution in [3.63, 3.8) is 0 Å². The van der Waals surface area contributed by atoms with E-state index < -0.39 is 9.84 Å². The van der Waals surface area contributed by atoms with Crippen LogP contribution in [0.2, 0.25) is 0 Å². The van der Waals surface area contributed by atoms with Gasteiger partial charge in [-0.2, -0.15) is 0 Å². The van der Waals surface area contributed by atoms with Gasteiger partial charge in [0, 0.05) is 18.8 Å². The number of hydrogen-bond acceptors (Lipinski definition) is 8. The maximum atomic E-state index is 12.3. The van der Waals surface area contributed by atoms with Crippen LogP contribution in [0.25, 0.3) is 0 Å². The van der Waals surface area contributed by atoms with Gasteiger partial charge in [0.05, 0.1) is 17.3 Å². The van der Waals surface area contributed by atoms with Crippen molar-refractivity contribution in [3.8, 4) is 0 Å². The van der Waals surface area contributed by atoms with Gasteiger partial charge in [-0.1, -0.05) is 29.2 Å². The number of anilines is 2. The van der Waals surface area contributed by atoms with Crippen LogP contribution in [0.5, 0.6) is 0 Å². The number of carbonyl (C=O) groups is 1. The van der Waals surface area contributed by atoms with Gasteiger partial charge in [0.1, 0.15) is 0 Å². The molecule has 2 heterocycles. The average molecular weight is 427 g/mol. The van der Waals surface area contributed by atoms with Gasteiger partial charge in [-0.05, 0) is 43.5 Å². The highest BCUT2D eigenvalue weighted by Crippen LogP contribution is 2.28. The second kappa shape index (κ2) is 8.15. The number of carbonyl (C=O) groups excluding carboxylic acids is 1. The SMILES string of the molecule is Cc1ccc(Nc2nnc(SCC(=O)N(C)C3CCS(=O)(=O)C3)s2)cc1C. The third-order valence-electron chi connectivity index (χ3n) is 4.63. The first-order chi connectivity index (χ1) is 12.7. The van der Waals surface area contributed by atoms with Crippen LogP contribution in [0.4, 0.5) is 10.8 Å². The summed E-state index contributed by atoms with van der Waals surface area (Å²) in [5, 5.41) is 12.1. The summed E-state index contributed by atoms with van der Waals surface area (Å²) >= 11 is 2.70. The molecule has 0 aliphatic carbocycles. The molecule has 0 saturated carbocycles. The van der Waals surface area contributed by atoms with E-state index in [1.807, 2.05) is 12.1 Å². The first-order valence-corrected chi connectivity index (χ1v) is 12.1. The summed E-state index contributed by atoms with van der Waals surface area (Å²) in [7, 11) is -1.33. The molecule has 1 amide bonds. The summed E-state index contributed by atoms with van der Waals surface area (Å²) in [6.45, 7) is 4.12. The number of nitrogens with one attached hydrogen (secondary N) is 1. The van der Waals surface area contributed by atoms with E-state index in [9.17, 15) is 13.2 Å². The van der Waals surface area contributed by atoms with Gasteiger partial charge in [0.15, 0.2) is 14.2 Å². The molecule has 146 valence electrons. The number of benzene rings is 1. The molecule has 1 aromatic heterocycles. The van der Waals surface area contributed by atoms with Gasteiger partial charge in [0.25, 0.3) is 0 Å². The Morgan fingerprint density at radius 3 is 2.78 bits per heavy atom. The van der Waals surface area contributed by atoms with Gasteiger partial charge in [-0.3, -0.25) is 4.79 Å². The Morgan fingerprint density at radius 1 is 1.33 bits per heavy atom. The topological polar surface area (TPSA) is 92.3 Å². The first-order valence-electron chi connectivity index (χ1n) is 8.50. The van der Waals surface area contributed by atoms with Crippen LogP contribution in [-0.4, -0.2) is 59.8 Å². The quantitative estimate of drug-likeness (QED) is 0.710. The van der Waals surface area contributed by atoms with E-state index in [4.69, 9.17) is 0 Å². The molecule has 1 saturated heterocycles. The molecular weight excluding hydrogens is 404 g/mol. The molecule has 10 heteroatoms. The van der Waals surface area contributed by atoms with Gasteiger partial charge < -0.3 is 10.2 Å². The van der Waals surface area contributed by atoms with Crippen LogP contribution in [-0.2, 0) is 14.6 Å². The molecule has 1 aliphatic rings. The van der Waals surface area contributed by atoms with Crippen LogP contribution < -0.4 is 5.32 Å². The lowest BCUT2D eigenvalue weighted by Gasteiger charge is -2.22. The largest absolute Gasteiger partial charge is 0.341 e. The molecule has 3 rings (SSSR count). The van der Waals surface area contributed by atoms with Crippen molar-refractivity contribution in [1.29, 1.82) is 0 Å². The number of sulfone groups is 1. The summed E-state index contributed by atoms with van der Waals surface area (Å²) in [5.41, 5.74) is 3.37. The van der Waals surface area contributed by atoms with E-state index >= 15 is 0 Å². The van der Waals surface area contributed by atoms with Crippen molar-refractivity contribution >= 4 is 49.7 Å². The third-order valence-corrected chi connectivity index (χ3v) is 8.34. The smallest absolute Gasteiger partial charge is 0.233 e. The fourth-order valence-electron chi connectivity index (χ4n) is 2.77. The molecule has 7 nitrogen and oxygen atoms in total. The zero-order chi connectivity index (χ0) is 19.6. The van der Waals surface area contributed by atoms with Crippen LogP contribution in [0, 0.1) is 13.8 Å². The second-order valence-corrected chi connectivity index (χ2v) is 11.1. The van der Waals surface area contributed by atoms with Crippen molar-refractivity contribution in [2.45, 2.75) is 30.6 Å². The molecular formula is C17H22N4O3S3. The minimum atomic E-state index is -3.00. The summed E-state index contributed by atoms with van der Waals surface area (Å²) in [6, 6.07) is 5.87. The van der Waals surface area contributed by atoms with E-state index in [0.29, 0.717) is 15.9 Å². The van der Waals surface area contributed by atoms with E-state index in [2.05, 4.69) is 35.4 Å².